The average Bonchev–Trinajstić information content (AvgIpc) is 2.37. The highest BCUT2D eigenvalue weighted by Gasteiger charge is 2.03. The molecule has 0 aromatic heterocycles. The van der Waals surface area contributed by atoms with E-state index in [9.17, 15) is 0 Å². The number of methoxy groups -OCH3 is 1. The van der Waals surface area contributed by atoms with Crippen LogP contribution in [0.5, 0.6) is 5.75 Å². The second kappa shape index (κ2) is 9.18. The quantitative estimate of drug-likeness (QED) is 0.703. The minimum atomic E-state index is 0.323. The van der Waals surface area contributed by atoms with E-state index in [2.05, 4.69) is 19.2 Å². The SMILES string of the molecule is COc1ccc(Cl)cc1CNCCCCOC(C)C. The summed E-state index contributed by atoms with van der Waals surface area (Å²) in [5.74, 6) is 0.875. The number of hydrogen-bond donors (Lipinski definition) is 1. The maximum Gasteiger partial charge on any atom is 0.123 e. The lowest BCUT2D eigenvalue weighted by molar-refractivity contribution is 0.0760. The summed E-state index contributed by atoms with van der Waals surface area (Å²) in [5, 5.41) is 4.14. The zero-order valence-electron chi connectivity index (χ0n) is 12.0. The second-order valence-electron chi connectivity index (χ2n) is 4.76. The third-order valence-corrected chi connectivity index (χ3v) is 2.99. The highest BCUT2D eigenvalue weighted by molar-refractivity contribution is 6.30. The first-order valence-electron chi connectivity index (χ1n) is 6.78. The topological polar surface area (TPSA) is 30.5 Å². The van der Waals surface area contributed by atoms with Gasteiger partial charge in [-0.1, -0.05) is 11.6 Å². The predicted molar refractivity (Wildman–Crippen MR) is 80.0 cm³/mol. The summed E-state index contributed by atoms with van der Waals surface area (Å²) in [5.41, 5.74) is 1.09. The van der Waals surface area contributed by atoms with Crippen molar-refractivity contribution in [3.63, 3.8) is 0 Å². The van der Waals surface area contributed by atoms with Crippen LogP contribution in [0.15, 0.2) is 18.2 Å². The summed E-state index contributed by atoms with van der Waals surface area (Å²) in [6, 6.07) is 5.68. The molecule has 4 heteroatoms. The fraction of sp³-hybridized carbons (Fsp3) is 0.600. The van der Waals surface area contributed by atoms with Crippen LogP contribution in [0.4, 0.5) is 0 Å². The molecule has 3 nitrogen and oxygen atoms in total. The lowest BCUT2D eigenvalue weighted by atomic mass is 10.2. The Balaban J connectivity index is 2.20. The molecule has 1 aromatic rings. The Morgan fingerprint density at radius 1 is 1.26 bits per heavy atom. The van der Waals surface area contributed by atoms with Crippen molar-refractivity contribution in [3.05, 3.63) is 28.8 Å². The van der Waals surface area contributed by atoms with Crippen LogP contribution in [0.1, 0.15) is 32.3 Å². The van der Waals surface area contributed by atoms with Gasteiger partial charge in [0.05, 0.1) is 13.2 Å². The predicted octanol–water partition coefficient (Wildman–Crippen LogP) is 3.64. The molecule has 0 bridgehead atoms. The molecule has 0 aliphatic carbocycles. The third-order valence-electron chi connectivity index (χ3n) is 2.76. The van der Waals surface area contributed by atoms with Gasteiger partial charge in [-0.25, -0.2) is 0 Å². The van der Waals surface area contributed by atoms with E-state index in [0.29, 0.717) is 6.10 Å². The molecule has 0 aliphatic heterocycles. The van der Waals surface area contributed by atoms with Gasteiger partial charge in [0.15, 0.2) is 0 Å². The molecular weight excluding hydrogens is 262 g/mol. The third kappa shape index (κ3) is 6.81. The van der Waals surface area contributed by atoms with E-state index >= 15 is 0 Å². The van der Waals surface area contributed by atoms with Crippen molar-refractivity contribution in [1.82, 2.24) is 5.32 Å². The number of nitrogens with one attached hydrogen (secondary N) is 1. The monoisotopic (exact) mass is 285 g/mol. The Labute approximate surface area is 121 Å². The average molecular weight is 286 g/mol. The highest BCUT2D eigenvalue weighted by Crippen LogP contribution is 2.22. The maximum absolute atomic E-state index is 5.98. The van der Waals surface area contributed by atoms with E-state index < -0.39 is 0 Å². The van der Waals surface area contributed by atoms with E-state index in [1.807, 2.05) is 18.2 Å². The Morgan fingerprint density at radius 2 is 2.05 bits per heavy atom. The van der Waals surface area contributed by atoms with Crippen molar-refractivity contribution in [1.29, 1.82) is 0 Å². The molecule has 19 heavy (non-hydrogen) atoms. The first-order chi connectivity index (χ1) is 9.13. The van der Waals surface area contributed by atoms with E-state index in [-0.39, 0.29) is 0 Å². The fourth-order valence-electron chi connectivity index (χ4n) is 1.78. The van der Waals surface area contributed by atoms with Gasteiger partial charge in [-0.15, -0.1) is 0 Å². The summed E-state index contributed by atoms with van der Waals surface area (Å²) in [4.78, 5) is 0. The Hall–Kier alpha value is -0.770. The molecule has 0 heterocycles. The lowest BCUT2D eigenvalue weighted by Gasteiger charge is -2.10. The van der Waals surface area contributed by atoms with Crippen molar-refractivity contribution in [2.45, 2.75) is 39.3 Å². The molecule has 0 aliphatic rings. The van der Waals surface area contributed by atoms with Gasteiger partial charge in [-0.3, -0.25) is 0 Å². The summed E-state index contributed by atoms with van der Waals surface area (Å²) in [6.07, 6.45) is 2.51. The number of hydrogen-bond acceptors (Lipinski definition) is 3. The minimum absolute atomic E-state index is 0.323. The standard InChI is InChI=1S/C15H24ClNO2/c1-12(2)19-9-5-4-8-17-11-13-10-14(16)6-7-15(13)18-3/h6-7,10,12,17H,4-5,8-9,11H2,1-3H3. The van der Waals surface area contributed by atoms with Gasteiger partial charge in [-0.2, -0.15) is 0 Å². The number of rotatable bonds is 9. The highest BCUT2D eigenvalue weighted by atomic mass is 35.5. The van der Waals surface area contributed by atoms with Crippen molar-refractivity contribution in [2.75, 3.05) is 20.3 Å². The molecular formula is C15H24ClNO2. The van der Waals surface area contributed by atoms with Crippen LogP contribution in [-0.4, -0.2) is 26.4 Å². The normalized spacial score (nSPS) is 11.0. The van der Waals surface area contributed by atoms with Crippen molar-refractivity contribution in [3.8, 4) is 5.75 Å². The summed E-state index contributed by atoms with van der Waals surface area (Å²) in [7, 11) is 1.68. The van der Waals surface area contributed by atoms with E-state index in [0.717, 1.165) is 48.9 Å². The van der Waals surface area contributed by atoms with Gasteiger partial charge >= 0.3 is 0 Å². The molecule has 1 rings (SSSR count). The fourth-order valence-corrected chi connectivity index (χ4v) is 1.97. The zero-order valence-corrected chi connectivity index (χ0v) is 12.8. The van der Waals surface area contributed by atoms with Crippen LogP contribution >= 0.6 is 11.6 Å². The van der Waals surface area contributed by atoms with Crippen LogP contribution in [0, 0.1) is 0 Å². The molecule has 108 valence electrons. The van der Waals surface area contributed by atoms with Gasteiger partial charge < -0.3 is 14.8 Å². The smallest absolute Gasteiger partial charge is 0.123 e. The Morgan fingerprint density at radius 3 is 2.74 bits per heavy atom. The molecule has 0 spiro atoms. The maximum atomic E-state index is 5.98. The van der Waals surface area contributed by atoms with Crippen molar-refractivity contribution < 1.29 is 9.47 Å². The number of unbranched alkanes of at least 4 members (excludes halogenated alkanes) is 1. The molecule has 0 amide bonds. The molecule has 0 saturated heterocycles. The summed E-state index contributed by atoms with van der Waals surface area (Å²) in [6.45, 7) is 6.69. The van der Waals surface area contributed by atoms with Crippen molar-refractivity contribution in [2.24, 2.45) is 0 Å². The van der Waals surface area contributed by atoms with Crippen molar-refractivity contribution >= 4 is 11.6 Å². The van der Waals surface area contributed by atoms with Crippen LogP contribution in [0.25, 0.3) is 0 Å². The molecule has 1 N–H and O–H groups in total. The molecule has 0 unspecified atom stereocenters. The van der Waals surface area contributed by atoms with Gasteiger partial charge in [0.1, 0.15) is 5.75 Å². The van der Waals surface area contributed by atoms with Gasteiger partial charge in [-0.05, 0) is 51.4 Å². The summed E-state index contributed by atoms with van der Waals surface area (Å²) >= 11 is 5.98. The van der Waals surface area contributed by atoms with Gasteiger partial charge in [0.25, 0.3) is 0 Å². The molecule has 0 fully saturated rings. The first kappa shape index (κ1) is 16.3. The van der Waals surface area contributed by atoms with Gasteiger partial charge in [0, 0.05) is 23.7 Å². The zero-order chi connectivity index (χ0) is 14.1. The Bertz CT molecular complexity index is 369. The Kier molecular flexibility index (Phi) is 7.87. The molecule has 0 radical (unpaired) electrons. The van der Waals surface area contributed by atoms with Crippen LogP contribution in [0.3, 0.4) is 0 Å². The molecule has 1 aromatic carbocycles. The second-order valence-corrected chi connectivity index (χ2v) is 5.20. The van der Waals surface area contributed by atoms with Crippen LogP contribution in [0.2, 0.25) is 5.02 Å². The number of ether oxygens (including phenoxy) is 2. The van der Waals surface area contributed by atoms with Crippen LogP contribution < -0.4 is 10.1 Å². The summed E-state index contributed by atoms with van der Waals surface area (Å²) < 4.78 is 10.8. The number of benzene rings is 1. The van der Waals surface area contributed by atoms with E-state index in [1.54, 1.807) is 7.11 Å². The van der Waals surface area contributed by atoms with Gasteiger partial charge in [0.2, 0.25) is 0 Å². The van der Waals surface area contributed by atoms with E-state index in [4.69, 9.17) is 21.1 Å². The molecule has 0 saturated carbocycles. The van der Waals surface area contributed by atoms with Crippen LogP contribution in [-0.2, 0) is 11.3 Å². The number of halogens is 1. The lowest BCUT2D eigenvalue weighted by Crippen LogP contribution is -2.16. The minimum Gasteiger partial charge on any atom is -0.496 e. The largest absolute Gasteiger partial charge is 0.496 e. The molecule has 0 atom stereocenters. The first-order valence-corrected chi connectivity index (χ1v) is 7.16. The van der Waals surface area contributed by atoms with E-state index in [1.165, 1.54) is 0 Å².